The van der Waals surface area contributed by atoms with Gasteiger partial charge >= 0.3 is 0 Å². The van der Waals surface area contributed by atoms with E-state index >= 15 is 0 Å². The number of hydrogen-bond acceptors (Lipinski definition) is 2. The summed E-state index contributed by atoms with van der Waals surface area (Å²) in [5.41, 5.74) is 5.59. The highest BCUT2D eigenvalue weighted by atomic mass is 15.1. The fourth-order valence-corrected chi connectivity index (χ4v) is 3.00. The van der Waals surface area contributed by atoms with Gasteiger partial charge in [-0.1, -0.05) is 18.2 Å². The molecule has 0 unspecified atom stereocenters. The number of imidazole rings is 2. The van der Waals surface area contributed by atoms with Crippen LogP contribution in [-0.2, 0) is 7.05 Å². The number of rotatable bonds is 2. The summed E-state index contributed by atoms with van der Waals surface area (Å²) >= 11 is 0. The molecule has 0 atom stereocenters. The van der Waals surface area contributed by atoms with E-state index in [0.29, 0.717) is 0 Å². The predicted octanol–water partition coefficient (Wildman–Crippen LogP) is 4.04. The quantitative estimate of drug-likeness (QED) is 0.560. The number of aryl methyl sites for hydroxylation is 3. The third-order valence-corrected chi connectivity index (χ3v) is 4.38. The van der Waals surface area contributed by atoms with Crippen LogP contribution in [0.5, 0.6) is 0 Å². The Morgan fingerprint density at radius 3 is 2.65 bits per heavy atom. The van der Waals surface area contributed by atoms with Crippen molar-refractivity contribution in [2.75, 3.05) is 0 Å². The van der Waals surface area contributed by atoms with E-state index in [0.717, 1.165) is 33.9 Å². The maximum Gasteiger partial charge on any atom is 0.144 e. The Bertz CT molecular complexity index is 1010. The summed E-state index contributed by atoms with van der Waals surface area (Å²) in [7, 11) is 2.04. The molecule has 4 aromatic rings. The molecule has 114 valence electrons. The Morgan fingerprint density at radius 2 is 1.83 bits per heavy atom. The van der Waals surface area contributed by atoms with Gasteiger partial charge < -0.3 is 4.57 Å². The van der Waals surface area contributed by atoms with Gasteiger partial charge in [-0.2, -0.15) is 0 Å². The molecule has 2 aromatic carbocycles. The molecule has 2 aromatic heterocycles. The van der Waals surface area contributed by atoms with E-state index in [2.05, 4.69) is 68.5 Å². The van der Waals surface area contributed by atoms with Crippen molar-refractivity contribution in [3.8, 4) is 17.1 Å². The van der Waals surface area contributed by atoms with Gasteiger partial charge in [-0.15, -0.1) is 0 Å². The number of aromatic nitrogens is 4. The molecule has 0 aliphatic heterocycles. The summed E-state index contributed by atoms with van der Waals surface area (Å²) in [6, 6.07) is 14.7. The summed E-state index contributed by atoms with van der Waals surface area (Å²) in [5.74, 6) is 1.95. The van der Waals surface area contributed by atoms with Crippen LogP contribution >= 0.6 is 0 Å². The fourth-order valence-electron chi connectivity index (χ4n) is 3.00. The van der Waals surface area contributed by atoms with E-state index in [1.165, 1.54) is 5.56 Å². The number of hydrogen-bond donors (Lipinski definition) is 0. The number of nitrogens with zero attached hydrogens (tertiary/aromatic N) is 4. The van der Waals surface area contributed by atoms with Crippen molar-refractivity contribution in [3.63, 3.8) is 0 Å². The second-order valence-electron chi connectivity index (χ2n) is 5.83. The smallest absolute Gasteiger partial charge is 0.144 e. The van der Waals surface area contributed by atoms with Crippen LogP contribution in [0.25, 0.3) is 28.1 Å². The molecule has 23 heavy (non-hydrogen) atoms. The zero-order valence-corrected chi connectivity index (χ0v) is 13.5. The summed E-state index contributed by atoms with van der Waals surface area (Å²) in [6.07, 6.45) is 3.85. The van der Waals surface area contributed by atoms with Gasteiger partial charge in [0.1, 0.15) is 11.6 Å². The Balaban J connectivity index is 1.90. The topological polar surface area (TPSA) is 35.6 Å². The maximum atomic E-state index is 4.63. The van der Waals surface area contributed by atoms with Gasteiger partial charge in [0, 0.05) is 30.7 Å². The van der Waals surface area contributed by atoms with E-state index < -0.39 is 0 Å². The van der Waals surface area contributed by atoms with Gasteiger partial charge in [-0.25, -0.2) is 9.97 Å². The summed E-state index contributed by atoms with van der Waals surface area (Å²) in [5, 5.41) is 0. The number of benzene rings is 2. The summed E-state index contributed by atoms with van der Waals surface area (Å²) in [4.78, 5) is 9.20. The number of fused-ring (bicyclic) bond motifs is 1. The van der Waals surface area contributed by atoms with E-state index in [1.807, 2.05) is 26.4 Å². The van der Waals surface area contributed by atoms with Crippen LogP contribution in [0.3, 0.4) is 0 Å². The fraction of sp³-hybridized carbons (Fsp3) is 0.158. The molecule has 0 saturated heterocycles. The third kappa shape index (κ3) is 2.14. The highest BCUT2D eigenvalue weighted by Gasteiger charge is 2.12. The first-order valence-electron chi connectivity index (χ1n) is 7.68. The van der Waals surface area contributed by atoms with Gasteiger partial charge in [0.15, 0.2) is 0 Å². The zero-order chi connectivity index (χ0) is 16.0. The molecule has 0 saturated carbocycles. The Kier molecular flexibility index (Phi) is 3.05. The molecule has 4 nitrogen and oxygen atoms in total. The van der Waals surface area contributed by atoms with E-state index in [4.69, 9.17) is 0 Å². The van der Waals surface area contributed by atoms with Crippen molar-refractivity contribution < 1.29 is 0 Å². The lowest BCUT2D eigenvalue weighted by atomic mass is 10.1. The Morgan fingerprint density at radius 1 is 1.00 bits per heavy atom. The molecule has 2 heterocycles. The Hall–Kier alpha value is -2.88. The molecule has 0 spiro atoms. The summed E-state index contributed by atoms with van der Waals surface area (Å²) < 4.78 is 4.24. The first-order chi connectivity index (χ1) is 11.1. The normalized spacial score (nSPS) is 11.3. The zero-order valence-electron chi connectivity index (χ0n) is 13.5. The van der Waals surface area contributed by atoms with E-state index in [-0.39, 0.29) is 0 Å². The van der Waals surface area contributed by atoms with E-state index in [1.54, 1.807) is 0 Å². The van der Waals surface area contributed by atoms with Crippen LogP contribution in [0.15, 0.2) is 54.9 Å². The third-order valence-electron chi connectivity index (χ3n) is 4.38. The van der Waals surface area contributed by atoms with Gasteiger partial charge in [-0.3, -0.25) is 4.57 Å². The minimum Gasteiger partial charge on any atom is -0.331 e. The molecular formula is C19H18N4. The van der Waals surface area contributed by atoms with Gasteiger partial charge in [0.25, 0.3) is 0 Å². The minimum atomic E-state index is 0.935. The van der Waals surface area contributed by atoms with Gasteiger partial charge in [-0.05, 0) is 43.7 Å². The van der Waals surface area contributed by atoms with Gasteiger partial charge in [0.05, 0.1) is 11.0 Å². The molecule has 0 aliphatic rings. The second kappa shape index (κ2) is 5.09. The molecular weight excluding hydrogens is 284 g/mol. The lowest BCUT2D eigenvalue weighted by Gasteiger charge is -2.10. The minimum absolute atomic E-state index is 0.935. The van der Waals surface area contributed by atoms with Crippen molar-refractivity contribution in [1.82, 2.24) is 19.1 Å². The molecule has 4 rings (SSSR count). The van der Waals surface area contributed by atoms with Crippen molar-refractivity contribution in [2.24, 2.45) is 7.05 Å². The second-order valence-corrected chi connectivity index (χ2v) is 5.83. The average Bonchev–Trinajstić information content (AvgIpc) is 3.13. The standard InChI is InChI=1S/C19H18N4/c1-13-6-4-5-7-17(13)23-11-10-20-19(23)15-8-9-18-16(12-15)21-14(2)22(18)3/h4-12H,1-3H3. The molecule has 0 bridgehead atoms. The molecule has 0 amide bonds. The van der Waals surface area contributed by atoms with Crippen molar-refractivity contribution in [2.45, 2.75) is 13.8 Å². The number of para-hydroxylation sites is 1. The maximum absolute atomic E-state index is 4.63. The van der Waals surface area contributed by atoms with Crippen LogP contribution in [0.4, 0.5) is 0 Å². The van der Waals surface area contributed by atoms with Crippen LogP contribution in [-0.4, -0.2) is 19.1 Å². The van der Waals surface area contributed by atoms with Crippen molar-refractivity contribution >= 4 is 11.0 Å². The first kappa shape index (κ1) is 13.8. The van der Waals surface area contributed by atoms with Crippen molar-refractivity contribution in [1.29, 1.82) is 0 Å². The largest absolute Gasteiger partial charge is 0.331 e. The highest BCUT2D eigenvalue weighted by molar-refractivity contribution is 5.81. The van der Waals surface area contributed by atoms with Crippen molar-refractivity contribution in [3.05, 3.63) is 66.2 Å². The van der Waals surface area contributed by atoms with Crippen LogP contribution in [0, 0.1) is 13.8 Å². The Labute approximate surface area is 135 Å². The lowest BCUT2D eigenvalue weighted by Crippen LogP contribution is -1.98. The molecule has 0 fully saturated rings. The van der Waals surface area contributed by atoms with Crippen LogP contribution in [0.1, 0.15) is 11.4 Å². The van der Waals surface area contributed by atoms with Crippen LogP contribution in [0.2, 0.25) is 0 Å². The molecule has 0 radical (unpaired) electrons. The SMILES string of the molecule is Cc1ccccc1-n1ccnc1-c1ccc2c(c1)nc(C)n2C. The average molecular weight is 302 g/mol. The van der Waals surface area contributed by atoms with E-state index in [9.17, 15) is 0 Å². The highest BCUT2D eigenvalue weighted by Crippen LogP contribution is 2.26. The monoisotopic (exact) mass is 302 g/mol. The molecule has 0 N–H and O–H groups in total. The molecule has 4 heteroatoms. The van der Waals surface area contributed by atoms with Crippen LogP contribution < -0.4 is 0 Å². The lowest BCUT2D eigenvalue weighted by molar-refractivity contribution is 0.886. The predicted molar refractivity (Wildman–Crippen MR) is 92.7 cm³/mol. The first-order valence-corrected chi connectivity index (χ1v) is 7.68. The molecule has 0 aliphatic carbocycles. The summed E-state index contributed by atoms with van der Waals surface area (Å²) in [6.45, 7) is 4.14. The van der Waals surface area contributed by atoms with Gasteiger partial charge in [0.2, 0.25) is 0 Å².